The number of hydrogen-bond donors (Lipinski definition) is 1. The predicted octanol–water partition coefficient (Wildman–Crippen LogP) is 3.78. The maximum absolute atomic E-state index is 13.1. The van der Waals surface area contributed by atoms with Gasteiger partial charge in [-0.2, -0.15) is 0 Å². The highest BCUT2D eigenvalue weighted by atomic mass is 19.1. The minimum absolute atomic E-state index is 0.169. The first-order valence-corrected chi connectivity index (χ1v) is 6.80. The van der Waals surface area contributed by atoms with E-state index in [2.05, 4.69) is 13.8 Å². The van der Waals surface area contributed by atoms with Crippen LogP contribution in [0.15, 0.2) is 18.2 Å². The van der Waals surface area contributed by atoms with Crippen molar-refractivity contribution < 1.29 is 13.9 Å². The van der Waals surface area contributed by atoms with Gasteiger partial charge in [-0.25, -0.2) is 9.18 Å². The van der Waals surface area contributed by atoms with Crippen LogP contribution >= 0.6 is 0 Å². The third kappa shape index (κ3) is 5.28. The molecule has 0 aliphatic carbocycles. The summed E-state index contributed by atoms with van der Waals surface area (Å²) >= 11 is 0. The molecular weight excluding hydrogens is 245 g/mol. The molecule has 0 radical (unpaired) electrons. The van der Waals surface area contributed by atoms with Crippen LogP contribution in [0.2, 0.25) is 0 Å². The molecule has 1 rings (SSSR count). The van der Waals surface area contributed by atoms with Crippen LogP contribution in [-0.2, 0) is 4.74 Å². The van der Waals surface area contributed by atoms with Crippen molar-refractivity contribution in [2.75, 3.05) is 12.3 Å². The van der Waals surface area contributed by atoms with E-state index in [-0.39, 0.29) is 11.3 Å². The number of benzene rings is 1. The third-order valence-electron chi connectivity index (χ3n) is 3.15. The van der Waals surface area contributed by atoms with Gasteiger partial charge in [-0.05, 0) is 30.5 Å². The van der Waals surface area contributed by atoms with Gasteiger partial charge in [0, 0.05) is 5.69 Å². The summed E-state index contributed by atoms with van der Waals surface area (Å²) in [6, 6.07) is 3.75. The highest BCUT2D eigenvalue weighted by Crippen LogP contribution is 2.15. The number of anilines is 1. The lowest BCUT2D eigenvalue weighted by molar-refractivity contribution is 0.0427. The first kappa shape index (κ1) is 15.5. The number of halogens is 1. The van der Waals surface area contributed by atoms with Gasteiger partial charge in [0.2, 0.25) is 0 Å². The molecular formula is C15H22FNO2. The number of carbonyl (C=O) groups is 1. The van der Waals surface area contributed by atoms with E-state index < -0.39 is 11.8 Å². The van der Waals surface area contributed by atoms with Crippen molar-refractivity contribution >= 4 is 11.7 Å². The Morgan fingerprint density at radius 3 is 2.68 bits per heavy atom. The van der Waals surface area contributed by atoms with Crippen molar-refractivity contribution in [3.05, 3.63) is 29.6 Å². The van der Waals surface area contributed by atoms with Gasteiger partial charge in [0.15, 0.2) is 0 Å². The van der Waals surface area contributed by atoms with E-state index in [9.17, 15) is 9.18 Å². The lowest BCUT2D eigenvalue weighted by Crippen LogP contribution is -2.14. The van der Waals surface area contributed by atoms with Crippen LogP contribution in [0, 0.1) is 11.7 Å². The SMILES string of the molecule is CCCCC(CC)COC(=O)c1cc(N)cc(F)c1. The molecule has 0 bridgehead atoms. The van der Waals surface area contributed by atoms with E-state index >= 15 is 0 Å². The molecule has 0 fully saturated rings. The number of unbranched alkanes of at least 4 members (excludes halogenated alkanes) is 1. The molecule has 0 spiro atoms. The number of esters is 1. The Kier molecular flexibility index (Phi) is 6.33. The number of rotatable bonds is 7. The minimum Gasteiger partial charge on any atom is -0.462 e. The van der Waals surface area contributed by atoms with Crippen LogP contribution in [-0.4, -0.2) is 12.6 Å². The Labute approximate surface area is 113 Å². The predicted molar refractivity (Wildman–Crippen MR) is 74.4 cm³/mol. The molecule has 1 aromatic rings. The lowest BCUT2D eigenvalue weighted by Gasteiger charge is -2.14. The fourth-order valence-corrected chi connectivity index (χ4v) is 1.91. The average molecular weight is 267 g/mol. The zero-order valence-corrected chi connectivity index (χ0v) is 11.6. The summed E-state index contributed by atoms with van der Waals surface area (Å²) in [5.41, 5.74) is 5.89. The fraction of sp³-hybridized carbons (Fsp3) is 0.533. The Balaban J connectivity index is 2.54. The summed E-state index contributed by atoms with van der Waals surface area (Å²) in [5.74, 6) is -0.666. The molecule has 19 heavy (non-hydrogen) atoms. The molecule has 0 amide bonds. The van der Waals surface area contributed by atoms with Crippen molar-refractivity contribution in [2.45, 2.75) is 39.5 Å². The molecule has 0 aliphatic heterocycles. The second kappa shape index (κ2) is 7.77. The van der Waals surface area contributed by atoms with Crippen LogP contribution in [0.5, 0.6) is 0 Å². The normalized spacial score (nSPS) is 12.2. The van der Waals surface area contributed by atoms with Crippen molar-refractivity contribution in [1.29, 1.82) is 0 Å². The first-order valence-electron chi connectivity index (χ1n) is 6.80. The largest absolute Gasteiger partial charge is 0.462 e. The summed E-state index contributed by atoms with van der Waals surface area (Å²) < 4.78 is 18.4. The maximum atomic E-state index is 13.1. The molecule has 1 unspecified atom stereocenters. The quantitative estimate of drug-likeness (QED) is 0.604. The zero-order valence-electron chi connectivity index (χ0n) is 11.6. The molecule has 4 heteroatoms. The van der Waals surface area contributed by atoms with Crippen LogP contribution in [0.25, 0.3) is 0 Å². The van der Waals surface area contributed by atoms with Crippen molar-refractivity contribution in [3.63, 3.8) is 0 Å². The van der Waals surface area contributed by atoms with Gasteiger partial charge >= 0.3 is 5.97 Å². The Morgan fingerprint density at radius 2 is 2.11 bits per heavy atom. The smallest absolute Gasteiger partial charge is 0.338 e. The summed E-state index contributed by atoms with van der Waals surface area (Å²) in [7, 11) is 0. The van der Waals surface area contributed by atoms with Crippen LogP contribution in [0.4, 0.5) is 10.1 Å². The summed E-state index contributed by atoms with van der Waals surface area (Å²) in [6.07, 6.45) is 4.28. The van der Waals surface area contributed by atoms with Gasteiger partial charge in [-0.15, -0.1) is 0 Å². The van der Waals surface area contributed by atoms with E-state index in [0.717, 1.165) is 31.7 Å². The first-order chi connectivity index (χ1) is 9.06. The number of nitrogen functional groups attached to an aromatic ring is 1. The van der Waals surface area contributed by atoms with Gasteiger partial charge in [0.05, 0.1) is 12.2 Å². The van der Waals surface area contributed by atoms with Crippen molar-refractivity contribution in [1.82, 2.24) is 0 Å². The average Bonchev–Trinajstić information content (AvgIpc) is 2.37. The third-order valence-corrected chi connectivity index (χ3v) is 3.15. The van der Waals surface area contributed by atoms with Gasteiger partial charge in [0.1, 0.15) is 5.82 Å². The number of nitrogens with two attached hydrogens (primary N) is 1. The van der Waals surface area contributed by atoms with E-state index in [4.69, 9.17) is 10.5 Å². The number of ether oxygens (including phenoxy) is 1. The molecule has 0 saturated carbocycles. The molecule has 3 nitrogen and oxygen atoms in total. The second-order valence-corrected chi connectivity index (χ2v) is 4.79. The van der Waals surface area contributed by atoms with E-state index in [0.29, 0.717) is 12.5 Å². The van der Waals surface area contributed by atoms with Crippen LogP contribution in [0.3, 0.4) is 0 Å². The molecule has 2 N–H and O–H groups in total. The molecule has 0 aliphatic rings. The van der Waals surface area contributed by atoms with Crippen LogP contribution < -0.4 is 5.73 Å². The van der Waals surface area contributed by atoms with Gasteiger partial charge in [0.25, 0.3) is 0 Å². The highest BCUT2D eigenvalue weighted by molar-refractivity contribution is 5.90. The highest BCUT2D eigenvalue weighted by Gasteiger charge is 2.13. The molecule has 1 aromatic carbocycles. The van der Waals surface area contributed by atoms with Gasteiger partial charge in [-0.1, -0.05) is 33.1 Å². The van der Waals surface area contributed by atoms with Gasteiger partial charge < -0.3 is 10.5 Å². The maximum Gasteiger partial charge on any atom is 0.338 e. The van der Waals surface area contributed by atoms with Crippen LogP contribution in [0.1, 0.15) is 49.9 Å². The summed E-state index contributed by atoms with van der Waals surface area (Å²) in [5, 5.41) is 0. The van der Waals surface area contributed by atoms with E-state index in [1.54, 1.807) is 0 Å². The van der Waals surface area contributed by atoms with Gasteiger partial charge in [-0.3, -0.25) is 0 Å². The summed E-state index contributed by atoms with van der Waals surface area (Å²) in [4.78, 5) is 11.8. The van der Waals surface area contributed by atoms with Crippen molar-refractivity contribution in [2.24, 2.45) is 5.92 Å². The number of hydrogen-bond acceptors (Lipinski definition) is 3. The second-order valence-electron chi connectivity index (χ2n) is 4.79. The Hall–Kier alpha value is -1.58. The fourth-order valence-electron chi connectivity index (χ4n) is 1.91. The Morgan fingerprint density at radius 1 is 1.37 bits per heavy atom. The van der Waals surface area contributed by atoms with E-state index in [1.807, 2.05) is 0 Å². The Bertz CT molecular complexity index is 400. The molecule has 106 valence electrons. The minimum atomic E-state index is -0.523. The summed E-state index contributed by atoms with van der Waals surface area (Å²) in [6.45, 7) is 4.59. The van der Waals surface area contributed by atoms with Crippen molar-refractivity contribution in [3.8, 4) is 0 Å². The standard InChI is InChI=1S/C15H22FNO2/c1-3-5-6-11(4-2)10-19-15(18)12-7-13(16)9-14(17)8-12/h7-9,11H,3-6,10,17H2,1-2H3. The van der Waals surface area contributed by atoms with E-state index in [1.165, 1.54) is 12.1 Å². The molecule has 0 saturated heterocycles. The monoisotopic (exact) mass is 267 g/mol. The zero-order chi connectivity index (χ0) is 14.3. The molecule has 0 aromatic heterocycles. The molecule has 1 atom stereocenters. The molecule has 0 heterocycles. The lowest BCUT2D eigenvalue weighted by atomic mass is 10.0. The topological polar surface area (TPSA) is 52.3 Å². The number of carbonyl (C=O) groups excluding carboxylic acids is 1.